The molecule has 0 aliphatic rings. The van der Waals surface area contributed by atoms with Crippen LogP contribution in [0, 0.1) is 0 Å². The third-order valence-corrected chi connectivity index (χ3v) is 3.25. The minimum atomic E-state index is 0. The normalized spacial score (nSPS) is 10.7. The van der Waals surface area contributed by atoms with Crippen LogP contribution in [0.1, 0.15) is 11.3 Å². The molecule has 0 aliphatic heterocycles. The lowest BCUT2D eigenvalue weighted by Crippen LogP contribution is -2.37. The fraction of sp³-hybridized carbons (Fsp3) is 0.250. The van der Waals surface area contributed by atoms with Gasteiger partial charge in [0.1, 0.15) is 0 Å². The van der Waals surface area contributed by atoms with Gasteiger partial charge in [0, 0.05) is 43.5 Å². The second-order valence-corrected chi connectivity index (χ2v) is 4.99. The van der Waals surface area contributed by atoms with Crippen molar-refractivity contribution in [3.05, 3.63) is 64.9 Å². The van der Waals surface area contributed by atoms with Crippen LogP contribution in [0.25, 0.3) is 0 Å². The predicted octanol–water partition coefficient (Wildman–Crippen LogP) is 3.26. The van der Waals surface area contributed by atoms with Crippen LogP contribution in [-0.2, 0) is 13.0 Å². The van der Waals surface area contributed by atoms with Gasteiger partial charge in [0.15, 0.2) is 5.96 Å². The first-order valence-corrected chi connectivity index (χ1v) is 7.24. The summed E-state index contributed by atoms with van der Waals surface area (Å²) in [6, 6.07) is 13.7. The molecule has 0 aliphatic carbocycles. The van der Waals surface area contributed by atoms with E-state index >= 15 is 0 Å². The minimum absolute atomic E-state index is 0. The van der Waals surface area contributed by atoms with E-state index in [0.717, 1.165) is 35.2 Å². The zero-order chi connectivity index (χ0) is 14.9. The van der Waals surface area contributed by atoms with Crippen molar-refractivity contribution in [2.75, 3.05) is 13.6 Å². The van der Waals surface area contributed by atoms with Crippen LogP contribution >= 0.6 is 35.6 Å². The zero-order valence-electron chi connectivity index (χ0n) is 12.4. The quantitative estimate of drug-likeness (QED) is 0.435. The molecule has 0 spiro atoms. The average molecular weight is 431 g/mol. The Kier molecular flexibility index (Phi) is 8.84. The van der Waals surface area contributed by atoms with Gasteiger partial charge < -0.3 is 10.6 Å². The predicted molar refractivity (Wildman–Crippen MR) is 103 cm³/mol. The molecule has 0 unspecified atom stereocenters. The summed E-state index contributed by atoms with van der Waals surface area (Å²) >= 11 is 5.87. The van der Waals surface area contributed by atoms with E-state index in [4.69, 9.17) is 11.6 Å². The number of pyridine rings is 1. The van der Waals surface area contributed by atoms with E-state index in [1.165, 1.54) is 0 Å². The summed E-state index contributed by atoms with van der Waals surface area (Å²) in [5.41, 5.74) is 2.23. The Hall–Kier alpha value is -1.34. The van der Waals surface area contributed by atoms with Crippen molar-refractivity contribution in [1.29, 1.82) is 0 Å². The summed E-state index contributed by atoms with van der Waals surface area (Å²) < 4.78 is 0. The van der Waals surface area contributed by atoms with Crippen molar-refractivity contribution in [3.8, 4) is 0 Å². The minimum Gasteiger partial charge on any atom is -0.356 e. The molecular formula is C16H20ClIN4. The van der Waals surface area contributed by atoms with Crippen molar-refractivity contribution in [2.24, 2.45) is 4.99 Å². The highest BCUT2D eigenvalue weighted by molar-refractivity contribution is 14.0. The van der Waals surface area contributed by atoms with E-state index in [-0.39, 0.29) is 24.0 Å². The summed E-state index contributed by atoms with van der Waals surface area (Å²) in [6.45, 7) is 1.50. The van der Waals surface area contributed by atoms with Crippen molar-refractivity contribution < 1.29 is 0 Å². The molecule has 2 N–H and O–H groups in total. The third kappa shape index (κ3) is 6.62. The SMILES string of the molecule is CN=C(NCCc1ccccn1)NCc1ccc(Cl)cc1.I. The number of benzene rings is 1. The topological polar surface area (TPSA) is 49.3 Å². The number of hydrogen-bond acceptors (Lipinski definition) is 2. The first-order chi connectivity index (χ1) is 10.3. The van der Waals surface area contributed by atoms with Gasteiger partial charge in [0.2, 0.25) is 0 Å². The van der Waals surface area contributed by atoms with E-state index in [9.17, 15) is 0 Å². The monoisotopic (exact) mass is 430 g/mol. The standard InChI is InChI=1S/C16H19ClN4.HI/c1-18-16(20-11-9-15-4-2-3-10-19-15)21-12-13-5-7-14(17)8-6-13;/h2-8,10H,9,11-12H2,1H3,(H2,18,20,21);1H. The Morgan fingerprint density at radius 3 is 2.55 bits per heavy atom. The van der Waals surface area contributed by atoms with Gasteiger partial charge in [0.25, 0.3) is 0 Å². The van der Waals surface area contributed by atoms with Gasteiger partial charge in [-0.2, -0.15) is 0 Å². The zero-order valence-corrected chi connectivity index (χ0v) is 15.5. The fourth-order valence-corrected chi connectivity index (χ4v) is 1.99. The van der Waals surface area contributed by atoms with Crippen LogP contribution in [0.2, 0.25) is 5.02 Å². The molecule has 2 rings (SSSR count). The van der Waals surface area contributed by atoms with Gasteiger partial charge in [-0.1, -0.05) is 29.8 Å². The van der Waals surface area contributed by atoms with Gasteiger partial charge in [-0.15, -0.1) is 24.0 Å². The van der Waals surface area contributed by atoms with Crippen LogP contribution in [-0.4, -0.2) is 24.5 Å². The maximum Gasteiger partial charge on any atom is 0.191 e. The molecule has 0 atom stereocenters. The molecule has 22 heavy (non-hydrogen) atoms. The fourth-order valence-electron chi connectivity index (χ4n) is 1.86. The number of rotatable bonds is 5. The summed E-state index contributed by atoms with van der Waals surface area (Å²) in [5, 5.41) is 7.29. The summed E-state index contributed by atoms with van der Waals surface area (Å²) in [4.78, 5) is 8.49. The maximum absolute atomic E-state index is 5.87. The molecular weight excluding hydrogens is 411 g/mol. The number of hydrogen-bond donors (Lipinski definition) is 2. The lowest BCUT2D eigenvalue weighted by Gasteiger charge is -2.11. The number of nitrogens with zero attached hydrogens (tertiary/aromatic N) is 2. The van der Waals surface area contributed by atoms with Crippen molar-refractivity contribution in [3.63, 3.8) is 0 Å². The van der Waals surface area contributed by atoms with Crippen LogP contribution in [0.3, 0.4) is 0 Å². The van der Waals surface area contributed by atoms with Gasteiger partial charge in [0.05, 0.1) is 0 Å². The van der Waals surface area contributed by atoms with Gasteiger partial charge >= 0.3 is 0 Å². The Labute approximate surface area is 153 Å². The van der Waals surface area contributed by atoms with E-state index in [1.807, 2.05) is 48.7 Å². The van der Waals surface area contributed by atoms with Crippen LogP contribution in [0.15, 0.2) is 53.7 Å². The molecule has 0 saturated carbocycles. The van der Waals surface area contributed by atoms with E-state index in [0.29, 0.717) is 6.54 Å². The van der Waals surface area contributed by atoms with Crippen molar-refractivity contribution in [1.82, 2.24) is 15.6 Å². The average Bonchev–Trinajstić information content (AvgIpc) is 2.53. The second kappa shape index (κ2) is 10.4. The molecule has 0 amide bonds. The Morgan fingerprint density at radius 2 is 1.91 bits per heavy atom. The molecule has 118 valence electrons. The smallest absolute Gasteiger partial charge is 0.191 e. The van der Waals surface area contributed by atoms with Gasteiger partial charge in [-0.25, -0.2) is 0 Å². The maximum atomic E-state index is 5.87. The Bertz CT molecular complexity index is 572. The molecule has 4 nitrogen and oxygen atoms in total. The molecule has 6 heteroatoms. The molecule has 1 aromatic heterocycles. The molecule has 0 radical (unpaired) electrons. The van der Waals surface area contributed by atoms with Crippen molar-refractivity contribution in [2.45, 2.75) is 13.0 Å². The Balaban J connectivity index is 0.00000242. The molecule has 0 fully saturated rings. The lowest BCUT2D eigenvalue weighted by atomic mass is 10.2. The van der Waals surface area contributed by atoms with E-state index in [1.54, 1.807) is 7.05 Å². The molecule has 0 saturated heterocycles. The highest BCUT2D eigenvalue weighted by Gasteiger charge is 1.99. The van der Waals surface area contributed by atoms with Crippen LogP contribution in [0.4, 0.5) is 0 Å². The molecule has 1 heterocycles. The number of aromatic nitrogens is 1. The van der Waals surface area contributed by atoms with Crippen LogP contribution < -0.4 is 10.6 Å². The number of aliphatic imine (C=N–C) groups is 1. The van der Waals surface area contributed by atoms with Gasteiger partial charge in [-0.3, -0.25) is 9.98 Å². The third-order valence-electron chi connectivity index (χ3n) is 3.00. The number of nitrogens with one attached hydrogen (secondary N) is 2. The highest BCUT2D eigenvalue weighted by atomic mass is 127. The lowest BCUT2D eigenvalue weighted by molar-refractivity contribution is 0.784. The highest BCUT2D eigenvalue weighted by Crippen LogP contribution is 2.08. The van der Waals surface area contributed by atoms with E-state index in [2.05, 4.69) is 20.6 Å². The molecule has 1 aromatic carbocycles. The first kappa shape index (κ1) is 18.7. The first-order valence-electron chi connectivity index (χ1n) is 6.87. The van der Waals surface area contributed by atoms with Crippen molar-refractivity contribution >= 4 is 41.5 Å². The Morgan fingerprint density at radius 1 is 1.14 bits per heavy atom. The summed E-state index contributed by atoms with van der Waals surface area (Å²) in [6.07, 6.45) is 2.67. The van der Waals surface area contributed by atoms with Crippen LogP contribution in [0.5, 0.6) is 0 Å². The second-order valence-electron chi connectivity index (χ2n) is 4.55. The van der Waals surface area contributed by atoms with E-state index < -0.39 is 0 Å². The number of halogens is 2. The molecule has 2 aromatic rings. The van der Waals surface area contributed by atoms with Gasteiger partial charge in [-0.05, 0) is 29.8 Å². The largest absolute Gasteiger partial charge is 0.356 e. The molecule has 0 bridgehead atoms. The summed E-state index contributed by atoms with van der Waals surface area (Å²) in [7, 11) is 1.76. The summed E-state index contributed by atoms with van der Waals surface area (Å²) in [5.74, 6) is 0.779. The number of guanidine groups is 1.